The molecule has 0 atom stereocenters. The van der Waals surface area contributed by atoms with E-state index in [-0.39, 0.29) is 21.0 Å². The molecule has 0 aromatic heterocycles. The summed E-state index contributed by atoms with van der Waals surface area (Å²) in [6.45, 7) is 2.20. The molecule has 1 saturated carbocycles. The highest BCUT2D eigenvalue weighted by atomic mass is 35.5. The highest BCUT2D eigenvalue weighted by Gasteiger charge is 2.23. The molecule has 1 aliphatic carbocycles. The zero-order valence-corrected chi connectivity index (χ0v) is 14.1. The van der Waals surface area contributed by atoms with Crippen LogP contribution >= 0.6 is 23.2 Å². The number of benzene rings is 1. The van der Waals surface area contributed by atoms with Crippen LogP contribution in [-0.4, -0.2) is 14.5 Å². The van der Waals surface area contributed by atoms with Crippen molar-refractivity contribution in [3.05, 3.63) is 22.2 Å². The van der Waals surface area contributed by atoms with Crippen molar-refractivity contribution in [3.63, 3.8) is 0 Å². The third kappa shape index (κ3) is 4.25. The minimum atomic E-state index is -3.89. The molecule has 1 fully saturated rings. The van der Waals surface area contributed by atoms with Crippen molar-refractivity contribution in [1.29, 1.82) is 0 Å². The quantitative estimate of drug-likeness (QED) is 0.891. The number of primary sulfonamides is 1. The molecular formula is C14H19Cl2NO3S. The molecule has 0 aliphatic heterocycles. The van der Waals surface area contributed by atoms with Gasteiger partial charge in [-0.2, -0.15) is 0 Å². The number of ether oxygens (including phenoxy) is 1. The molecule has 1 aromatic rings. The zero-order valence-electron chi connectivity index (χ0n) is 11.8. The average Bonchev–Trinajstić information content (AvgIpc) is 2.42. The first kappa shape index (κ1) is 16.9. The first-order valence-corrected chi connectivity index (χ1v) is 9.30. The van der Waals surface area contributed by atoms with Crippen molar-refractivity contribution < 1.29 is 13.2 Å². The van der Waals surface area contributed by atoms with Crippen LogP contribution in [0.3, 0.4) is 0 Å². The van der Waals surface area contributed by atoms with Crippen LogP contribution < -0.4 is 9.88 Å². The molecule has 1 aromatic carbocycles. The summed E-state index contributed by atoms with van der Waals surface area (Å²) >= 11 is 12.0. The molecule has 0 amide bonds. The van der Waals surface area contributed by atoms with Gasteiger partial charge >= 0.3 is 0 Å². The second-order valence-electron chi connectivity index (χ2n) is 5.43. The number of rotatable bonds is 4. The first-order valence-electron chi connectivity index (χ1n) is 6.99. The van der Waals surface area contributed by atoms with Gasteiger partial charge in [-0.25, -0.2) is 13.6 Å². The fourth-order valence-corrected chi connectivity index (χ4v) is 4.02. The first-order chi connectivity index (χ1) is 9.81. The molecule has 0 saturated heterocycles. The Morgan fingerprint density at radius 3 is 2.33 bits per heavy atom. The topological polar surface area (TPSA) is 69.4 Å². The molecular weight excluding hydrogens is 333 g/mol. The van der Waals surface area contributed by atoms with Gasteiger partial charge in [-0.1, -0.05) is 36.5 Å². The highest BCUT2D eigenvalue weighted by Crippen LogP contribution is 2.36. The third-order valence-electron chi connectivity index (χ3n) is 3.96. The smallest absolute Gasteiger partial charge is 0.239 e. The molecule has 2 rings (SSSR count). The predicted molar refractivity (Wildman–Crippen MR) is 84.5 cm³/mol. The van der Waals surface area contributed by atoms with Gasteiger partial charge in [0, 0.05) is 6.07 Å². The van der Waals surface area contributed by atoms with Crippen LogP contribution in [0.1, 0.15) is 39.0 Å². The summed E-state index contributed by atoms with van der Waals surface area (Å²) in [5.74, 6) is 1.18. The second-order valence-corrected chi connectivity index (χ2v) is 7.77. The maximum Gasteiger partial charge on any atom is 0.239 e. The Morgan fingerprint density at radius 1 is 1.19 bits per heavy atom. The normalized spacial score (nSPS) is 23.0. The van der Waals surface area contributed by atoms with E-state index in [1.165, 1.54) is 18.6 Å². The lowest BCUT2D eigenvalue weighted by Crippen LogP contribution is -2.24. The van der Waals surface area contributed by atoms with E-state index in [1.807, 2.05) is 0 Å². The van der Waals surface area contributed by atoms with Crippen LogP contribution in [0, 0.1) is 5.92 Å². The molecule has 1 aliphatic rings. The number of hydrogen-bond acceptors (Lipinski definition) is 3. The summed E-state index contributed by atoms with van der Waals surface area (Å²) in [6, 6.07) is 2.67. The van der Waals surface area contributed by atoms with Crippen molar-refractivity contribution in [2.45, 2.75) is 50.0 Å². The van der Waals surface area contributed by atoms with Crippen molar-refractivity contribution in [1.82, 2.24) is 0 Å². The lowest BCUT2D eigenvalue weighted by Gasteiger charge is -2.28. The summed E-state index contributed by atoms with van der Waals surface area (Å²) in [5.41, 5.74) is 0. The van der Waals surface area contributed by atoms with E-state index >= 15 is 0 Å². The molecule has 7 heteroatoms. The lowest BCUT2D eigenvalue weighted by molar-refractivity contribution is 0.130. The van der Waals surface area contributed by atoms with Crippen molar-refractivity contribution >= 4 is 33.2 Å². The van der Waals surface area contributed by atoms with Gasteiger partial charge in [0.15, 0.2) is 0 Å². The van der Waals surface area contributed by atoms with Crippen molar-refractivity contribution in [2.75, 3.05) is 0 Å². The van der Waals surface area contributed by atoms with Gasteiger partial charge in [0.2, 0.25) is 10.0 Å². The van der Waals surface area contributed by atoms with Gasteiger partial charge in [0.05, 0.1) is 16.1 Å². The maximum absolute atomic E-state index is 11.4. The largest absolute Gasteiger partial charge is 0.489 e. The second kappa shape index (κ2) is 6.73. The van der Waals surface area contributed by atoms with Crippen LogP contribution in [-0.2, 0) is 10.0 Å². The molecule has 2 N–H and O–H groups in total. The summed E-state index contributed by atoms with van der Waals surface area (Å²) in [5, 5.41) is 5.32. The van der Waals surface area contributed by atoms with Crippen LogP contribution in [0.15, 0.2) is 17.0 Å². The Hall–Kier alpha value is -0.490. The predicted octanol–water partition coefficient (Wildman–Crippen LogP) is 3.99. The molecule has 0 unspecified atom stereocenters. The number of sulfonamides is 1. The van der Waals surface area contributed by atoms with E-state index in [9.17, 15) is 8.42 Å². The van der Waals surface area contributed by atoms with Crippen LogP contribution in [0.5, 0.6) is 5.75 Å². The van der Waals surface area contributed by atoms with Crippen LogP contribution in [0.2, 0.25) is 10.0 Å². The Kier molecular flexibility index (Phi) is 5.41. The lowest BCUT2D eigenvalue weighted by atomic mass is 9.86. The third-order valence-corrected chi connectivity index (χ3v) is 5.63. The van der Waals surface area contributed by atoms with Gasteiger partial charge in [0.25, 0.3) is 0 Å². The average molecular weight is 352 g/mol. The van der Waals surface area contributed by atoms with Crippen molar-refractivity contribution in [3.8, 4) is 5.75 Å². The Bertz CT molecular complexity index is 611. The van der Waals surface area contributed by atoms with Gasteiger partial charge in [-0.15, -0.1) is 0 Å². The summed E-state index contributed by atoms with van der Waals surface area (Å²) in [4.78, 5) is -0.184. The Morgan fingerprint density at radius 2 is 1.81 bits per heavy atom. The monoisotopic (exact) mass is 351 g/mol. The standard InChI is InChI=1S/C14H19Cl2NO3S/c1-2-9-3-5-10(6-4-9)20-13-7-12(16)14(8-11(13)15)21(17,18)19/h7-10H,2-6H2,1H3,(H2,17,18,19). The van der Waals surface area contributed by atoms with E-state index < -0.39 is 10.0 Å². The van der Waals surface area contributed by atoms with Gasteiger partial charge in [-0.05, 0) is 37.7 Å². The molecule has 118 valence electrons. The number of nitrogens with two attached hydrogens (primary N) is 1. The number of hydrogen-bond donors (Lipinski definition) is 1. The fourth-order valence-electron chi connectivity index (χ4n) is 2.66. The van der Waals surface area contributed by atoms with E-state index in [2.05, 4.69) is 6.92 Å². The fraction of sp³-hybridized carbons (Fsp3) is 0.571. The van der Waals surface area contributed by atoms with Gasteiger partial charge in [-0.3, -0.25) is 0 Å². The summed E-state index contributed by atoms with van der Waals surface area (Å²) in [7, 11) is -3.89. The molecule has 0 bridgehead atoms. The minimum absolute atomic E-state index is 0.0270. The van der Waals surface area contributed by atoms with Gasteiger partial charge in [0.1, 0.15) is 10.6 Å². The van der Waals surface area contributed by atoms with Gasteiger partial charge < -0.3 is 4.74 Å². The van der Waals surface area contributed by atoms with Crippen molar-refractivity contribution in [2.24, 2.45) is 11.1 Å². The van der Waals surface area contributed by atoms with E-state index in [0.29, 0.717) is 5.75 Å². The molecule has 4 nitrogen and oxygen atoms in total. The Balaban J connectivity index is 2.13. The number of halogens is 2. The van der Waals surface area contributed by atoms with Crippen LogP contribution in [0.25, 0.3) is 0 Å². The maximum atomic E-state index is 11.4. The van der Waals surface area contributed by atoms with Crippen LogP contribution in [0.4, 0.5) is 0 Å². The Labute approximate surface area is 135 Å². The highest BCUT2D eigenvalue weighted by molar-refractivity contribution is 7.89. The summed E-state index contributed by atoms with van der Waals surface area (Å²) < 4.78 is 28.6. The van der Waals surface area contributed by atoms with E-state index in [1.54, 1.807) is 0 Å². The van der Waals surface area contributed by atoms with E-state index in [4.69, 9.17) is 33.1 Å². The SMILES string of the molecule is CCC1CCC(Oc2cc(Cl)c(S(N)(=O)=O)cc2Cl)CC1. The van der Waals surface area contributed by atoms with E-state index in [0.717, 1.165) is 31.6 Å². The minimum Gasteiger partial charge on any atom is -0.489 e. The molecule has 0 spiro atoms. The molecule has 0 radical (unpaired) electrons. The molecule has 21 heavy (non-hydrogen) atoms. The zero-order chi connectivity index (χ0) is 15.6. The summed E-state index contributed by atoms with van der Waals surface area (Å²) in [6.07, 6.45) is 5.53. The molecule has 0 heterocycles.